The van der Waals surface area contributed by atoms with Crippen LogP contribution in [-0.2, 0) is 11.3 Å². The van der Waals surface area contributed by atoms with Gasteiger partial charge in [-0.15, -0.1) is 6.58 Å². The van der Waals surface area contributed by atoms with E-state index >= 15 is 0 Å². The van der Waals surface area contributed by atoms with E-state index in [1.54, 1.807) is 0 Å². The fourth-order valence-electron chi connectivity index (χ4n) is 1.62. The quantitative estimate of drug-likeness (QED) is 0.659. The van der Waals surface area contributed by atoms with Crippen molar-refractivity contribution in [1.29, 1.82) is 0 Å². The number of hydrogen-bond donors (Lipinski definition) is 2. The van der Waals surface area contributed by atoms with Gasteiger partial charge < -0.3 is 15.2 Å². The van der Waals surface area contributed by atoms with Crippen LogP contribution in [0.3, 0.4) is 0 Å². The Kier molecular flexibility index (Phi) is 7.34. The van der Waals surface area contributed by atoms with E-state index in [4.69, 9.17) is 4.74 Å². The van der Waals surface area contributed by atoms with Crippen molar-refractivity contribution >= 4 is 0 Å². The highest BCUT2D eigenvalue weighted by molar-refractivity contribution is 5.13. The third kappa shape index (κ3) is 6.55. The Morgan fingerprint density at radius 1 is 1.39 bits per heavy atom. The van der Waals surface area contributed by atoms with Gasteiger partial charge >= 0.3 is 0 Å². The Morgan fingerprint density at radius 2 is 2.11 bits per heavy atom. The number of rotatable bonds is 9. The van der Waals surface area contributed by atoms with E-state index in [1.807, 2.05) is 36.4 Å². The third-order valence-electron chi connectivity index (χ3n) is 2.64. The number of hydrogen-bond acceptors (Lipinski definition) is 3. The molecule has 2 N–H and O–H groups in total. The maximum atomic E-state index is 9.73. The number of nitrogens with one attached hydrogen (secondary N) is 1. The molecule has 2 atom stereocenters. The van der Waals surface area contributed by atoms with E-state index in [2.05, 4.69) is 18.8 Å². The molecule has 0 heterocycles. The van der Waals surface area contributed by atoms with Crippen molar-refractivity contribution in [1.82, 2.24) is 5.32 Å². The largest absolute Gasteiger partial charge is 0.389 e. The van der Waals surface area contributed by atoms with Crippen LogP contribution in [0.4, 0.5) is 0 Å². The second kappa shape index (κ2) is 8.86. The Labute approximate surface area is 109 Å². The molecule has 3 nitrogen and oxygen atoms in total. The van der Waals surface area contributed by atoms with E-state index in [1.165, 1.54) is 0 Å². The van der Waals surface area contributed by atoms with Gasteiger partial charge in [0.05, 0.1) is 19.3 Å². The summed E-state index contributed by atoms with van der Waals surface area (Å²) < 4.78 is 5.46. The van der Waals surface area contributed by atoms with E-state index < -0.39 is 6.10 Å². The second-order valence-corrected chi connectivity index (χ2v) is 4.49. The minimum atomic E-state index is -0.471. The third-order valence-corrected chi connectivity index (χ3v) is 2.64. The minimum absolute atomic E-state index is 0.339. The minimum Gasteiger partial charge on any atom is -0.389 e. The van der Waals surface area contributed by atoms with Crippen LogP contribution in [0, 0.1) is 0 Å². The molecule has 2 unspecified atom stereocenters. The molecule has 0 aliphatic heterocycles. The van der Waals surface area contributed by atoms with Gasteiger partial charge in [0, 0.05) is 12.6 Å². The first-order valence-electron chi connectivity index (χ1n) is 6.36. The van der Waals surface area contributed by atoms with Gasteiger partial charge in [-0.25, -0.2) is 0 Å². The van der Waals surface area contributed by atoms with Crippen molar-refractivity contribution < 1.29 is 9.84 Å². The zero-order valence-corrected chi connectivity index (χ0v) is 11.0. The van der Waals surface area contributed by atoms with Crippen molar-refractivity contribution in [2.75, 3.05) is 13.2 Å². The molecule has 0 aliphatic rings. The molecule has 100 valence electrons. The van der Waals surface area contributed by atoms with Crippen LogP contribution in [0.2, 0.25) is 0 Å². The molecule has 1 rings (SSSR count). The summed E-state index contributed by atoms with van der Waals surface area (Å²) in [6.07, 6.45) is 2.30. The molecule has 0 bridgehead atoms. The first kappa shape index (κ1) is 14.9. The van der Waals surface area contributed by atoms with Crippen molar-refractivity contribution in [3.63, 3.8) is 0 Å². The Balaban J connectivity index is 2.10. The molecule has 0 radical (unpaired) electrons. The van der Waals surface area contributed by atoms with Gasteiger partial charge in [0.2, 0.25) is 0 Å². The fraction of sp³-hybridized carbons (Fsp3) is 0.467. The summed E-state index contributed by atoms with van der Waals surface area (Å²) in [6, 6.07) is 10.3. The maximum Gasteiger partial charge on any atom is 0.0897 e. The molecule has 1 aromatic rings. The number of benzene rings is 1. The summed E-state index contributed by atoms with van der Waals surface area (Å²) in [5, 5.41) is 13.0. The average molecular weight is 249 g/mol. The standard InChI is InChI=1S/C15H23NO2/c1-3-7-13(2)16-10-15(17)12-18-11-14-8-5-4-6-9-14/h3-6,8-9,13,15-17H,1,7,10-12H2,2H3. The summed E-state index contributed by atoms with van der Waals surface area (Å²) in [6.45, 7) is 7.19. The molecule has 1 aromatic carbocycles. The second-order valence-electron chi connectivity index (χ2n) is 4.49. The summed E-state index contributed by atoms with van der Waals surface area (Å²) in [5.74, 6) is 0. The SMILES string of the molecule is C=CCC(C)NCC(O)COCc1ccccc1. The Bertz CT molecular complexity index is 327. The highest BCUT2D eigenvalue weighted by Crippen LogP contribution is 2.01. The van der Waals surface area contributed by atoms with E-state index in [0.29, 0.717) is 25.8 Å². The number of ether oxygens (including phenoxy) is 1. The Hall–Kier alpha value is -1.16. The van der Waals surface area contributed by atoms with Crippen LogP contribution in [0.25, 0.3) is 0 Å². The van der Waals surface area contributed by atoms with Crippen LogP contribution in [0.5, 0.6) is 0 Å². The van der Waals surface area contributed by atoms with Crippen LogP contribution in [-0.4, -0.2) is 30.4 Å². The first-order valence-corrected chi connectivity index (χ1v) is 6.36. The average Bonchev–Trinajstić information content (AvgIpc) is 2.38. The highest BCUT2D eigenvalue weighted by Gasteiger charge is 2.06. The molecule has 0 spiro atoms. The lowest BCUT2D eigenvalue weighted by Crippen LogP contribution is -2.35. The molecule has 0 aliphatic carbocycles. The van der Waals surface area contributed by atoms with Gasteiger partial charge in [0.15, 0.2) is 0 Å². The fourth-order valence-corrected chi connectivity index (χ4v) is 1.62. The summed E-state index contributed by atoms with van der Waals surface area (Å²) in [4.78, 5) is 0. The molecular formula is C15H23NO2. The summed E-state index contributed by atoms with van der Waals surface area (Å²) in [7, 11) is 0. The topological polar surface area (TPSA) is 41.5 Å². The lowest BCUT2D eigenvalue weighted by Gasteiger charge is -2.16. The zero-order valence-electron chi connectivity index (χ0n) is 11.0. The van der Waals surface area contributed by atoms with Crippen molar-refractivity contribution in [3.05, 3.63) is 48.6 Å². The van der Waals surface area contributed by atoms with Crippen molar-refractivity contribution in [3.8, 4) is 0 Å². The van der Waals surface area contributed by atoms with Gasteiger partial charge in [-0.2, -0.15) is 0 Å². The molecule has 0 saturated carbocycles. The first-order chi connectivity index (χ1) is 8.72. The monoisotopic (exact) mass is 249 g/mol. The van der Waals surface area contributed by atoms with Gasteiger partial charge in [-0.05, 0) is 18.9 Å². The van der Waals surface area contributed by atoms with Gasteiger partial charge in [-0.3, -0.25) is 0 Å². The molecule has 3 heteroatoms. The lowest BCUT2D eigenvalue weighted by molar-refractivity contribution is 0.0279. The molecule has 0 saturated heterocycles. The van der Waals surface area contributed by atoms with E-state index in [9.17, 15) is 5.11 Å². The van der Waals surface area contributed by atoms with Crippen molar-refractivity contribution in [2.45, 2.75) is 32.1 Å². The molecular weight excluding hydrogens is 226 g/mol. The lowest BCUT2D eigenvalue weighted by atomic mass is 10.2. The van der Waals surface area contributed by atoms with Crippen LogP contribution in [0.1, 0.15) is 18.9 Å². The summed E-state index contributed by atoms with van der Waals surface area (Å²) in [5.41, 5.74) is 1.12. The van der Waals surface area contributed by atoms with Crippen molar-refractivity contribution in [2.24, 2.45) is 0 Å². The van der Waals surface area contributed by atoms with E-state index in [0.717, 1.165) is 12.0 Å². The molecule has 0 amide bonds. The van der Waals surface area contributed by atoms with Crippen LogP contribution < -0.4 is 5.32 Å². The number of aliphatic hydroxyl groups excluding tert-OH is 1. The molecule has 18 heavy (non-hydrogen) atoms. The van der Waals surface area contributed by atoms with Crippen LogP contribution >= 0.6 is 0 Å². The summed E-state index contributed by atoms with van der Waals surface area (Å²) >= 11 is 0. The van der Waals surface area contributed by atoms with Gasteiger partial charge in [-0.1, -0.05) is 36.4 Å². The Morgan fingerprint density at radius 3 is 2.78 bits per heavy atom. The van der Waals surface area contributed by atoms with Gasteiger partial charge in [0.25, 0.3) is 0 Å². The maximum absolute atomic E-state index is 9.73. The predicted octanol–water partition coefficient (Wildman–Crippen LogP) is 2.12. The molecule has 0 fully saturated rings. The predicted molar refractivity (Wildman–Crippen MR) is 74.4 cm³/mol. The molecule has 0 aromatic heterocycles. The normalized spacial score (nSPS) is 14.1. The highest BCUT2D eigenvalue weighted by atomic mass is 16.5. The number of aliphatic hydroxyl groups is 1. The van der Waals surface area contributed by atoms with Crippen LogP contribution in [0.15, 0.2) is 43.0 Å². The van der Waals surface area contributed by atoms with E-state index in [-0.39, 0.29) is 0 Å². The zero-order chi connectivity index (χ0) is 13.2. The smallest absolute Gasteiger partial charge is 0.0897 e. The van der Waals surface area contributed by atoms with Gasteiger partial charge in [0.1, 0.15) is 0 Å².